The van der Waals surface area contributed by atoms with Crippen molar-refractivity contribution in [1.29, 1.82) is 0 Å². The lowest BCUT2D eigenvalue weighted by Gasteiger charge is -2.18. The van der Waals surface area contributed by atoms with Crippen LogP contribution in [0.4, 0.5) is 17.6 Å². The highest BCUT2D eigenvalue weighted by Crippen LogP contribution is 2.39. The van der Waals surface area contributed by atoms with Crippen molar-refractivity contribution in [2.24, 2.45) is 0 Å². The van der Waals surface area contributed by atoms with Gasteiger partial charge < -0.3 is 9.47 Å². The van der Waals surface area contributed by atoms with Gasteiger partial charge in [0, 0.05) is 18.7 Å². The van der Waals surface area contributed by atoms with E-state index in [0.717, 1.165) is 12.1 Å². The molecule has 0 aliphatic heterocycles. The SMILES string of the molecule is COCc1cc(C(F)(F)F)ccc1-c1cc(C(C)C)c(F)cc1OC. The molecule has 136 valence electrons. The molecule has 2 rings (SSSR count). The van der Waals surface area contributed by atoms with E-state index in [4.69, 9.17) is 9.47 Å². The predicted octanol–water partition coefficient (Wildman–Crippen LogP) is 5.79. The van der Waals surface area contributed by atoms with Crippen LogP contribution in [0.25, 0.3) is 11.1 Å². The molecular formula is C19H20F4O2. The smallest absolute Gasteiger partial charge is 0.416 e. The number of halogens is 4. The van der Waals surface area contributed by atoms with E-state index >= 15 is 0 Å². The van der Waals surface area contributed by atoms with Crippen LogP contribution >= 0.6 is 0 Å². The average molecular weight is 356 g/mol. The van der Waals surface area contributed by atoms with Crippen LogP contribution < -0.4 is 4.74 Å². The summed E-state index contributed by atoms with van der Waals surface area (Å²) < 4.78 is 63.5. The first kappa shape index (κ1) is 19.2. The monoisotopic (exact) mass is 356 g/mol. The average Bonchev–Trinajstić information content (AvgIpc) is 2.53. The number of hydrogen-bond acceptors (Lipinski definition) is 2. The normalized spacial score (nSPS) is 11.9. The van der Waals surface area contributed by atoms with E-state index in [9.17, 15) is 17.6 Å². The highest BCUT2D eigenvalue weighted by atomic mass is 19.4. The van der Waals surface area contributed by atoms with Crippen molar-refractivity contribution in [3.63, 3.8) is 0 Å². The van der Waals surface area contributed by atoms with Crippen LogP contribution in [0.15, 0.2) is 30.3 Å². The number of ether oxygens (including phenoxy) is 2. The van der Waals surface area contributed by atoms with Crippen molar-refractivity contribution in [2.75, 3.05) is 14.2 Å². The number of methoxy groups -OCH3 is 2. The van der Waals surface area contributed by atoms with E-state index in [-0.39, 0.29) is 18.3 Å². The first-order valence-corrected chi connectivity index (χ1v) is 7.75. The summed E-state index contributed by atoms with van der Waals surface area (Å²) in [6, 6.07) is 6.32. The molecule has 2 aromatic carbocycles. The maximum absolute atomic E-state index is 14.2. The van der Waals surface area contributed by atoms with Crippen molar-refractivity contribution in [1.82, 2.24) is 0 Å². The van der Waals surface area contributed by atoms with Gasteiger partial charge >= 0.3 is 6.18 Å². The van der Waals surface area contributed by atoms with Gasteiger partial charge in [0.05, 0.1) is 19.3 Å². The minimum Gasteiger partial charge on any atom is -0.496 e. The minimum absolute atomic E-state index is 0.00318. The number of hydrogen-bond donors (Lipinski definition) is 0. The molecule has 0 heterocycles. The van der Waals surface area contributed by atoms with Crippen molar-refractivity contribution in [3.8, 4) is 16.9 Å². The Hall–Kier alpha value is -2.08. The van der Waals surface area contributed by atoms with E-state index in [0.29, 0.717) is 22.3 Å². The summed E-state index contributed by atoms with van der Waals surface area (Å²) in [5, 5.41) is 0. The molecule has 0 saturated heterocycles. The lowest BCUT2D eigenvalue weighted by molar-refractivity contribution is -0.137. The second-order valence-electron chi connectivity index (χ2n) is 6.03. The summed E-state index contributed by atoms with van der Waals surface area (Å²) in [6.45, 7) is 3.69. The lowest BCUT2D eigenvalue weighted by atomic mass is 9.92. The quantitative estimate of drug-likeness (QED) is 0.631. The molecule has 0 amide bonds. The van der Waals surface area contributed by atoms with Crippen molar-refractivity contribution >= 4 is 0 Å². The molecule has 0 saturated carbocycles. The van der Waals surface area contributed by atoms with Crippen molar-refractivity contribution in [3.05, 3.63) is 52.8 Å². The summed E-state index contributed by atoms with van der Waals surface area (Å²) in [5.41, 5.74) is 1.13. The first-order valence-electron chi connectivity index (χ1n) is 7.75. The summed E-state index contributed by atoms with van der Waals surface area (Å²) in [4.78, 5) is 0. The predicted molar refractivity (Wildman–Crippen MR) is 88.2 cm³/mol. The summed E-state index contributed by atoms with van der Waals surface area (Å²) in [5.74, 6) is -0.222. The molecule has 2 nitrogen and oxygen atoms in total. The van der Waals surface area contributed by atoms with E-state index in [1.807, 2.05) is 13.8 Å². The minimum atomic E-state index is -4.45. The summed E-state index contributed by atoms with van der Waals surface area (Å²) in [7, 11) is 2.80. The third-order valence-corrected chi connectivity index (χ3v) is 3.96. The molecule has 0 N–H and O–H groups in total. The van der Waals surface area contributed by atoms with Crippen LogP contribution in [0.1, 0.15) is 36.5 Å². The standard InChI is InChI=1S/C19H20F4O2/c1-11(2)15-8-16(18(25-4)9-17(15)20)14-6-5-13(19(21,22)23)7-12(14)10-24-3/h5-9,11H,10H2,1-4H3. The van der Waals surface area contributed by atoms with Crippen LogP contribution in [0.5, 0.6) is 5.75 Å². The Morgan fingerprint density at radius 2 is 1.68 bits per heavy atom. The Morgan fingerprint density at radius 3 is 2.20 bits per heavy atom. The molecular weight excluding hydrogens is 336 g/mol. The van der Waals surface area contributed by atoms with Crippen LogP contribution in [0.2, 0.25) is 0 Å². The Balaban J connectivity index is 2.70. The van der Waals surface area contributed by atoms with Gasteiger partial charge in [0.2, 0.25) is 0 Å². The van der Waals surface area contributed by atoms with Gasteiger partial charge in [-0.05, 0) is 40.8 Å². The van der Waals surface area contributed by atoms with E-state index in [2.05, 4.69) is 0 Å². The maximum atomic E-state index is 14.2. The molecule has 0 aliphatic rings. The van der Waals surface area contributed by atoms with Gasteiger partial charge in [0.15, 0.2) is 0 Å². The number of benzene rings is 2. The van der Waals surface area contributed by atoms with E-state index < -0.39 is 17.6 Å². The molecule has 0 aromatic heterocycles. The van der Waals surface area contributed by atoms with E-state index in [1.54, 1.807) is 6.07 Å². The third-order valence-electron chi connectivity index (χ3n) is 3.96. The molecule has 0 radical (unpaired) electrons. The topological polar surface area (TPSA) is 18.5 Å². The Labute approximate surface area is 144 Å². The van der Waals surface area contributed by atoms with Gasteiger partial charge in [0.1, 0.15) is 11.6 Å². The fraction of sp³-hybridized carbons (Fsp3) is 0.368. The van der Waals surface area contributed by atoms with Crippen LogP contribution in [0.3, 0.4) is 0 Å². The largest absolute Gasteiger partial charge is 0.496 e. The highest BCUT2D eigenvalue weighted by molar-refractivity contribution is 5.75. The van der Waals surface area contributed by atoms with Crippen molar-refractivity contribution in [2.45, 2.75) is 32.5 Å². The van der Waals surface area contributed by atoms with Gasteiger partial charge in [-0.2, -0.15) is 13.2 Å². The maximum Gasteiger partial charge on any atom is 0.416 e. The molecule has 0 atom stereocenters. The summed E-state index contributed by atoms with van der Waals surface area (Å²) >= 11 is 0. The fourth-order valence-electron chi connectivity index (χ4n) is 2.70. The zero-order valence-electron chi connectivity index (χ0n) is 14.5. The second kappa shape index (κ2) is 7.44. The molecule has 0 fully saturated rings. The number of alkyl halides is 3. The summed E-state index contributed by atoms with van der Waals surface area (Å²) in [6.07, 6.45) is -4.45. The third kappa shape index (κ3) is 4.12. The van der Waals surface area contributed by atoms with Crippen LogP contribution in [-0.2, 0) is 17.5 Å². The van der Waals surface area contributed by atoms with Crippen molar-refractivity contribution < 1.29 is 27.0 Å². The zero-order chi connectivity index (χ0) is 18.8. The molecule has 0 spiro atoms. The molecule has 6 heteroatoms. The lowest BCUT2D eigenvalue weighted by Crippen LogP contribution is -2.07. The molecule has 2 aromatic rings. The van der Waals surface area contributed by atoms with Gasteiger partial charge in [0.25, 0.3) is 0 Å². The zero-order valence-corrected chi connectivity index (χ0v) is 14.5. The Kier molecular flexibility index (Phi) is 5.72. The molecule has 0 unspecified atom stereocenters. The van der Waals surface area contributed by atoms with Gasteiger partial charge in [-0.1, -0.05) is 19.9 Å². The highest BCUT2D eigenvalue weighted by Gasteiger charge is 2.31. The van der Waals surface area contributed by atoms with Crippen LogP contribution in [0, 0.1) is 5.82 Å². The van der Waals surface area contributed by atoms with Gasteiger partial charge in [-0.25, -0.2) is 4.39 Å². The van der Waals surface area contributed by atoms with Gasteiger partial charge in [-0.3, -0.25) is 0 Å². The van der Waals surface area contributed by atoms with Crippen LogP contribution in [-0.4, -0.2) is 14.2 Å². The fourth-order valence-corrected chi connectivity index (χ4v) is 2.70. The first-order chi connectivity index (χ1) is 11.7. The molecule has 0 aliphatic carbocycles. The Bertz CT molecular complexity index is 752. The van der Waals surface area contributed by atoms with Gasteiger partial charge in [-0.15, -0.1) is 0 Å². The number of rotatable bonds is 5. The Morgan fingerprint density at radius 1 is 1.00 bits per heavy atom. The molecule has 25 heavy (non-hydrogen) atoms. The second-order valence-corrected chi connectivity index (χ2v) is 6.03. The van der Waals surface area contributed by atoms with E-state index in [1.165, 1.54) is 26.4 Å². The molecule has 0 bridgehead atoms.